The van der Waals surface area contributed by atoms with E-state index in [0.29, 0.717) is 5.92 Å². The lowest BCUT2D eigenvalue weighted by molar-refractivity contribution is 0.397. The maximum absolute atomic E-state index is 13.3. The Morgan fingerprint density at radius 3 is 2.70 bits per heavy atom. The van der Waals surface area contributed by atoms with E-state index in [4.69, 9.17) is 16.3 Å². The van der Waals surface area contributed by atoms with E-state index >= 15 is 0 Å². The number of hydrogen-bond acceptors (Lipinski definition) is 2. The zero-order valence-corrected chi connectivity index (χ0v) is 13.5. The van der Waals surface area contributed by atoms with Crippen molar-refractivity contribution in [1.82, 2.24) is 0 Å². The number of anilines is 1. The number of rotatable bonds is 2. The third kappa shape index (κ3) is 2.31. The summed E-state index contributed by atoms with van der Waals surface area (Å²) in [5.41, 5.74) is 3.13. The average molecular weight is 330 g/mol. The Balaban J connectivity index is 1.84. The molecule has 0 saturated carbocycles. The molecule has 1 aliphatic heterocycles. The Morgan fingerprint density at radius 1 is 1.17 bits per heavy atom. The van der Waals surface area contributed by atoms with Crippen molar-refractivity contribution in [2.45, 2.75) is 18.4 Å². The summed E-state index contributed by atoms with van der Waals surface area (Å²) in [6, 6.07) is 10.6. The number of methoxy groups -OCH3 is 1. The van der Waals surface area contributed by atoms with Crippen molar-refractivity contribution in [3.63, 3.8) is 0 Å². The van der Waals surface area contributed by atoms with Crippen LogP contribution in [0.2, 0.25) is 5.02 Å². The van der Waals surface area contributed by atoms with Crippen LogP contribution in [0.1, 0.15) is 29.5 Å². The molecule has 3 atom stereocenters. The molecule has 4 rings (SSSR count). The molecule has 2 aromatic carbocycles. The number of nitrogens with one attached hydrogen (secondary N) is 1. The van der Waals surface area contributed by atoms with Crippen molar-refractivity contribution < 1.29 is 9.13 Å². The van der Waals surface area contributed by atoms with Crippen molar-refractivity contribution >= 4 is 17.3 Å². The smallest absolute Gasteiger partial charge is 0.142 e. The molecule has 0 fully saturated rings. The molecular weight excluding hydrogens is 313 g/mol. The van der Waals surface area contributed by atoms with Crippen LogP contribution in [-0.4, -0.2) is 7.11 Å². The van der Waals surface area contributed by atoms with Gasteiger partial charge in [0.05, 0.1) is 18.8 Å². The number of fused-ring (bicyclic) bond motifs is 3. The van der Waals surface area contributed by atoms with Gasteiger partial charge < -0.3 is 10.1 Å². The van der Waals surface area contributed by atoms with Gasteiger partial charge >= 0.3 is 0 Å². The van der Waals surface area contributed by atoms with E-state index in [1.165, 1.54) is 12.1 Å². The maximum atomic E-state index is 13.3. The van der Waals surface area contributed by atoms with Crippen LogP contribution < -0.4 is 10.1 Å². The summed E-state index contributed by atoms with van der Waals surface area (Å²) in [6.45, 7) is 0. The minimum absolute atomic E-state index is 0.107. The largest absolute Gasteiger partial charge is 0.495 e. The number of allylic oxidation sites excluding steroid dienone is 2. The van der Waals surface area contributed by atoms with Crippen molar-refractivity contribution in [1.29, 1.82) is 0 Å². The highest BCUT2D eigenvalue weighted by Gasteiger charge is 2.40. The first-order chi connectivity index (χ1) is 11.2. The summed E-state index contributed by atoms with van der Waals surface area (Å²) >= 11 is 6.47. The van der Waals surface area contributed by atoms with Crippen LogP contribution in [0.25, 0.3) is 0 Å². The molecule has 0 unspecified atom stereocenters. The van der Waals surface area contributed by atoms with E-state index in [-0.39, 0.29) is 17.8 Å². The van der Waals surface area contributed by atoms with Crippen molar-refractivity contribution in [3.05, 3.63) is 70.5 Å². The first kappa shape index (κ1) is 14.6. The van der Waals surface area contributed by atoms with Crippen molar-refractivity contribution in [3.8, 4) is 5.75 Å². The highest BCUT2D eigenvalue weighted by molar-refractivity contribution is 6.32. The van der Waals surface area contributed by atoms with Gasteiger partial charge in [0.2, 0.25) is 0 Å². The summed E-state index contributed by atoms with van der Waals surface area (Å²) in [6.07, 6.45) is 5.41. The fourth-order valence-corrected chi connectivity index (χ4v) is 4.09. The minimum atomic E-state index is -0.216. The summed E-state index contributed by atoms with van der Waals surface area (Å²) in [5.74, 6) is 1.20. The first-order valence-corrected chi connectivity index (χ1v) is 8.12. The Kier molecular flexibility index (Phi) is 3.53. The molecule has 2 aliphatic rings. The fraction of sp³-hybridized carbons (Fsp3) is 0.263. The van der Waals surface area contributed by atoms with Crippen LogP contribution in [0.15, 0.2) is 48.6 Å². The zero-order valence-electron chi connectivity index (χ0n) is 12.7. The molecule has 23 heavy (non-hydrogen) atoms. The number of benzene rings is 2. The second-order valence-corrected chi connectivity index (χ2v) is 6.47. The molecule has 0 spiro atoms. The standard InChI is InChI=1S/C19H17ClFNO/c1-23-16-10-9-15(20)17-13-3-2-4-14(13)18(22-19(16)17)11-5-7-12(21)8-6-11/h2-3,5-10,13-14,18,22H,4H2,1H3/t13-,14+,18-/m1/s1. The molecule has 0 aromatic heterocycles. The first-order valence-electron chi connectivity index (χ1n) is 7.74. The van der Waals surface area contributed by atoms with Gasteiger partial charge in [-0.2, -0.15) is 0 Å². The Labute approximate surface area is 139 Å². The van der Waals surface area contributed by atoms with Crippen LogP contribution >= 0.6 is 11.6 Å². The van der Waals surface area contributed by atoms with E-state index in [9.17, 15) is 4.39 Å². The van der Waals surface area contributed by atoms with E-state index in [0.717, 1.165) is 34.0 Å². The van der Waals surface area contributed by atoms with Crippen LogP contribution in [0, 0.1) is 11.7 Å². The van der Waals surface area contributed by atoms with Crippen LogP contribution in [0.5, 0.6) is 5.75 Å². The highest BCUT2D eigenvalue weighted by Crippen LogP contribution is 2.54. The van der Waals surface area contributed by atoms with Gasteiger partial charge in [0.1, 0.15) is 11.6 Å². The summed E-state index contributed by atoms with van der Waals surface area (Å²) in [7, 11) is 1.66. The monoisotopic (exact) mass is 329 g/mol. The van der Waals surface area contributed by atoms with Gasteiger partial charge in [-0.25, -0.2) is 4.39 Å². The van der Waals surface area contributed by atoms with Crippen LogP contribution in [0.3, 0.4) is 0 Å². The summed E-state index contributed by atoms with van der Waals surface area (Å²) in [5, 5.41) is 4.35. The molecule has 0 saturated heterocycles. The quantitative estimate of drug-likeness (QED) is 0.753. The molecule has 118 valence electrons. The third-order valence-corrected chi connectivity index (χ3v) is 5.21. The minimum Gasteiger partial charge on any atom is -0.495 e. The molecule has 2 aromatic rings. The van der Waals surface area contributed by atoms with Gasteiger partial charge in [0.25, 0.3) is 0 Å². The predicted molar refractivity (Wildman–Crippen MR) is 90.8 cm³/mol. The molecule has 2 nitrogen and oxygen atoms in total. The molecule has 1 N–H and O–H groups in total. The Hall–Kier alpha value is -2.00. The number of halogens is 2. The predicted octanol–water partition coefficient (Wildman–Crippen LogP) is 5.31. The molecule has 1 aliphatic carbocycles. The second kappa shape index (κ2) is 5.57. The Bertz CT molecular complexity index is 772. The normalized spacial score (nSPS) is 24.7. The van der Waals surface area contributed by atoms with E-state index in [1.54, 1.807) is 7.11 Å². The molecule has 0 radical (unpaired) electrons. The highest BCUT2D eigenvalue weighted by atomic mass is 35.5. The average Bonchev–Trinajstić information content (AvgIpc) is 3.04. The molecule has 0 bridgehead atoms. The summed E-state index contributed by atoms with van der Waals surface area (Å²) in [4.78, 5) is 0. The molecule has 0 amide bonds. The van der Waals surface area contributed by atoms with Gasteiger partial charge in [-0.15, -0.1) is 0 Å². The van der Waals surface area contributed by atoms with Gasteiger partial charge in [0, 0.05) is 16.5 Å². The van der Waals surface area contributed by atoms with Crippen molar-refractivity contribution in [2.75, 3.05) is 12.4 Å². The molecule has 4 heteroatoms. The number of ether oxygens (including phenoxy) is 1. The van der Waals surface area contributed by atoms with E-state index in [2.05, 4.69) is 17.5 Å². The number of hydrogen-bond donors (Lipinski definition) is 1. The lowest BCUT2D eigenvalue weighted by Crippen LogP contribution is -2.29. The van der Waals surface area contributed by atoms with Gasteiger partial charge in [-0.3, -0.25) is 0 Å². The zero-order chi connectivity index (χ0) is 16.0. The topological polar surface area (TPSA) is 21.3 Å². The molecular formula is C19H17ClFNO. The molecule has 1 heterocycles. The van der Waals surface area contributed by atoms with E-state index in [1.807, 2.05) is 24.3 Å². The Morgan fingerprint density at radius 2 is 1.96 bits per heavy atom. The fourth-order valence-electron chi connectivity index (χ4n) is 3.81. The van der Waals surface area contributed by atoms with E-state index < -0.39 is 0 Å². The lowest BCUT2D eigenvalue weighted by Gasteiger charge is -2.38. The van der Waals surface area contributed by atoms with Gasteiger partial charge in [0.15, 0.2) is 0 Å². The SMILES string of the molecule is COc1ccc(Cl)c2c1N[C@H](c1ccc(F)cc1)[C@H]1CC=C[C@@H]21. The van der Waals surface area contributed by atoms with Gasteiger partial charge in [-0.1, -0.05) is 35.9 Å². The maximum Gasteiger partial charge on any atom is 0.142 e. The van der Waals surface area contributed by atoms with Crippen LogP contribution in [0.4, 0.5) is 10.1 Å². The van der Waals surface area contributed by atoms with Crippen molar-refractivity contribution in [2.24, 2.45) is 5.92 Å². The van der Waals surface area contributed by atoms with Crippen LogP contribution in [-0.2, 0) is 0 Å². The second-order valence-electron chi connectivity index (χ2n) is 6.07. The van der Waals surface area contributed by atoms with Gasteiger partial charge in [-0.05, 0) is 42.2 Å². The lowest BCUT2D eigenvalue weighted by atomic mass is 9.77. The third-order valence-electron chi connectivity index (χ3n) is 4.88. The summed E-state index contributed by atoms with van der Waals surface area (Å²) < 4.78 is 18.8.